The van der Waals surface area contributed by atoms with Crippen LogP contribution in [0.5, 0.6) is 5.75 Å². The van der Waals surface area contributed by atoms with Crippen molar-refractivity contribution in [3.05, 3.63) is 59.4 Å². The van der Waals surface area contributed by atoms with Crippen LogP contribution in [0.25, 0.3) is 0 Å². The fourth-order valence-corrected chi connectivity index (χ4v) is 2.21. The van der Waals surface area contributed by atoms with E-state index in [1.54, 1.807) is 12.1 Å². The molecular formula is C17H18N4O3S. The molecule has 1 aromatic carbocycles. The smallest absolute Gasteiger partial charge is 0.269 e. The normalized spacial score (nSPS) is 9.84. The summed E-state index contributed by atoms with van der Waals surface area (Å²) < 4.78 is 5.43. The number of nitrogens with one attached hydrogen (secondary N) is 3. The van der Waals surface area contributed by atoms with Gasteiger partial charge in [-0.1, -0.05) is 6.07 Å². The molecule has 0 fully saturated rings. The highest BCUT2D eigenvalue weighted by Crippen LogP contribution is 2.15. The Balaban J connectivity index is 1.74. The number of hydrogen-bond donors (Lipinski definition) is 3. The summed E-state index contributed by atoms with van der Waals surface area (Å²) in [5, 5.41) is 2.38. The number of pyridine rings is 1. The molecule has 0 saturated carbocycles. The third-order valence-corrected chi connectivity index (χ3v) is 3.25. The number of carbonyl (C=O) groups excluding carboxylic acids is 2. The number of hydrazine groups is 1. The Morgan fingerprint density at radius 3 is 2.36 bits per heavy atom. The molecule has 0 saturated heterocycles. The van der Waals surface area contributed by atoms with Crippen LogP contribution >= 0.6 is 12.2 Å². The van der Waals surface area contributed by atoms with E-state index < -0.39 is 11.8 Å². The molecule has 0 spiro atoms. The molecule has 25 heavy (non-hydrogen) atoms. The first kappa shape index (κ1) is 18.3. The van der Waals surface area contributed by atoms with Gasteiger partial charge < -0.3 is 4.74 Å². The molecule has 0 aliphatic rings. The largest absolute Gasteiger partial charge is 0.484 e. The molecular weight excluding hydrogens is 340 g/mol. The van der Waals surface area contributed by atoms with E-state index in [1.165, 1.54) is 12.4 Å². The molecule has 2 aromatic rings. The van der Waals surface area contributed by atoms with E-state index >= 15 is 0 Å². The number of amides is 2. The Morgan fingerprint density at radius 2 is 1.72 bits per heavy atom. The lowest BCUT2D eigenvalue weighted by Crippen LogP contribution is -2.49. The number of thiocarbonyl (C=S) groups is 1. The first-order valence-electron chi connectivity index (χ1n) is 7.45. The number of rotatable bonds is 4. The predicted octanol–water partition coefficient (Wildman–Crippen LogP) is 1.41. The predicted molar refractivity (Wildman–Crippen MR) is 97.0 cm³/mol. The van der Waals surface area contributed by atoms with Crippen LogP contribution in [0.2, 0.25) is 0 Å². The highest BCUT2D eigenvalue weighted by molar-refractivity contribution is 7.80. The van der Waals surface area contributed by atoms with Crippen molar-refractivity contribution in [2.24, 2.45) is 0 Å². The summed E-state index contributed by atoms with van der Waals surface area (Å²) in [6, 6.07) is 8.79. The van der Waals surface area contributed by atoms with Gasteiger partial charge in [-0.15, -0.1) is 0 Å². The molecule has 3 N–H and O–H groups in total. The fourth-order valence-electron chi connectivity index (χ4n) is 2.05. The average molecular weight is 358 g/mol. The van der Waals surface area contributed by atoms with E-state index in [0.717, 1.165) is 11.1 Å². The molecule has 7 nitrogen and oxygen atoms in total. The van der Waals surface area contributed by atoms with E-state index in [1.807, 2.05) is 32.0 Å². The lowest BCUT2D eigenvalue weighted by molar-refractivity contribution is -0.121. The van der Waals surface area contributed by atoms with Gasteiger partial charge in [0.25, 0.3) is 11.8 Å². The van der Waals surface area contributed by atoms with Crippen LogP contribution in [-0.2, 0) is 4.79 Å². The molecule has 2 rings (SSSR count). The van der Waals surface area contributed by atoms with Crippen molar-refractivity contribution in [3.8, 4) is 5.75 Å². The topological polar surface area (TPSA) is 92.4 Å². The zero-order valence-electron chi connectivity index (χ0n) is 13.8. The molecule has 1 aromatic heterocycles. The van der Waals surface area contributed by atoms with Crippen LogP contribution in [0, 0.1) is 13.8 Å². The van der Waals surface area contributed by atoms with Crippen molar-refractivity contribution in [2.75, 3.05) is 6.61 Å². The van der Waals surface area contributed by atoms with Gasteiger partial charge in [0.1, 0.15) is 5.75 Å². The first-order valence-corrected chi connectivity index (χ1v) is 7.86. The molecule has 0 bridgehead atoms. The van der Waals surface area contributed by atoms with Crippen molar-refractivity contribution in [3.63, 3.8) is 0 Å². The van der Waals surface area contributed by atoms with Crippen molar-refractivity contribution in [2.45, 2.75) is 13.8 Å². The Bertz CT molecular complexity index is 760. The van der Waals surface area contributed by atoms with Gasteiger partial charge in [-0.3, -0.25) is 30.7 Å². The van der Waals surface area contributed by atoms with Crippen LogP contribution in [-0.4, -0.2) is 28.5 Å². The number of carbonyl (C=O) groups is 2. The maximum absolute atomic E-state index is 11.8. The Kier molecular flexibility index (Phi) is 6.41. The van der Waals surface area contributed by atoms with Crippen molar-refractivity contribution >= 4 is 29.1 Å². The van der Waals surface area contributed by atoms with E-state index in [-0.39, 0.29) is 11.7 Å². The Hall–Kier alpha value is -3.00. The number of ether oxygens (including phenoxy) is 1. The van der Waals surface area contributed by atoms with Crippen LogP contribution < -0.4 is 20.9 Å². The summed E-state index contributed by atoms with van der Waals surface area (Å²) in [7, 11) is 0. The number of hydrogen-bond acceptors (Lipinski definition) is 5. The van der Waals surface area contributed by atoms with Gasteiger partial charge in [-0.25, -0.2) is 0 Å². The summed E-state index contributed by atoms with van der Waals surface area (Å²) in [6.07, 6.45) is 3.00. The summed E-state index contributed by atoms with van der Waals surface area (Å²) in [5.41, 5.74) is 7.34. The highest BCUT2D eigenvalue weighted by atomic mass is 32.1. The third-order valence-electron chi connectivity index (χ3n) is 3.05. The molecule has 0 unspecified atom stereocenters. The minimum Gasteiger partial charge on any atom is -0.484 e. The van der Waals surface area contributed by atoms with E-state index in [0.29, 0.717) is 11.3 Å². The lowest BCUT2D eigenvalue weighted by Gasteiger charge is -2.11. The van der Waals surface area contributed by atoms with E-state index in [2.05, 4.69) is 21.2 Å². The third kappa shape index (κ3) is 6.19. The molecule has 1 heterocycles. The minimum absolute atomic E-state index is 0.0311. The lowest BCUT2D eigenvalue weighted by atomic mass is 10.1. The average Bonchev–Trinajstić information content (AvgIpc) is 2.58. The molecule has 130 valence electrons. The molecule has 0 aliphatic heterocycles. The number of benzene rings is 1. The second-order valence-corrected chi connectivity index (χ2v) is 5.71. The van der Waals surface area contributed by atoms with Crippen LogP contribution in [0.3, 0.4) is 0 Å². The molecule has 8 heteroatoms. The minimum atomic E-state index is -0.435. The highest BCUT2D eigenvalue weighted by Gasteiger charge is 2.08. The van der Waals surface area contributed by atoms with Gasteiger partial charge in [-0.2, -0.15) is 0 Å². The van der Waals surface area contributed by atoms with E-state index in [9.17, 15) is 9.59 Å². The molecule has 0 radical (unpaired) electrons. The summed E-state index contributed by atoms with van der Waals surface area (Å²) in [5.74, 6) is -0.224. The number of aryl methyl sites for hydroxylation is 2. The van der Waals surface area contributed by atoms with Gasteiger partial charge in [0.05, 0.1) is 0 Å². The maximum atomic E-state index is 11.8. The van der Waals surface area contributed by atoms with Crippen LogP contribution in [0.1, 0.15) is 21.5 Å². The van der Waals surface area contributed by atoms with Gasteiger partial charge in [0, 0.05) is 18.0 Å². The fraction of sp³-hybridized carbons (Fsp3) is 0.176. The van der Waals surface area contributed by atoms with Crippen molar-refractivity contribution in [1.82, 2.24) is 21.2 Å². The Morgan fingerprint density at radius 1 is 1.08 bits per heavy atom. The zero-order valence-corrected chi connectivity index (χ0v) is 14.6. The van der Waals surface area contributed by atoms with Gasteiger partial charge in [0.15, 0.2) is 11.7 Å². The van der Waals surface area contributed by atoms with E-state index in [4.69, 9.17) is 17.0 Å². The second-order valence-electron chi connectivity index (χ2n) is 5.30. The zero-order chi connectivity index (χ0) is 18.2. The Labute approximate surface area is 150 Å². The van der Waals surface area contributed by atoms with Gasteiger partial charge >= 0.3 is 0 Å². The SMILES string of the molecule is Cc1cc(C)cc(OCC(=O)NC(=S)NNC(=O)c2ccncc2)c1. The molecule has 0 atom stereocenters. The molecule has 0 aliphatic carbocycles. The standard InChI is InChI=1S/C17H18N4O3S/c1-11-7-12(2)9-14(8-11)24-10-15(22)19-17(25)21-20-16(23)13-3-5-18-6-4-13/h3-9H,10H2,1-2H3,(H,20,23)(H2,19,21,22,25). The van der Waals surface area contributed by atoms with Crippen molar-refractivity contribution < 1.29 is 14.3 Å². The first-order chi connectivity index (χ1) is 11.9. The second kappa shape index (κ2) is 8.74. The summed E-state index contributed by atoms with van der Waals surface area (Å²) in [4.78, 5) is 27.5. The van der Waals surface area contributed by atoms with Crippen LogP contribution in [0.15, 0.2) is 42.7 Å². The van der Waals surface area contributed by atoms with Crippen molar-refractivity contribution in [1.29, 1.82) is 0 Å². The van der Waals surface area contributed by atoms with Crippen LogP contribution in [0.4, 0.5) is 0 Å². The van der Waals surface area contributed by atoms with Gasteiger partial charge in [0.2, 0.25) is 0 Å². The number of aromatic nitrogens is 1. The summed E-state index contributed by atoms with van der Waals surface area (Å²) in [6.45, 7) is 3.71. The number of nitrogens with zero attached hydrogens (tertiary/aromatic N) is 1. The maximum Gasteiger partial charge on any atom is 0.269 e. The van der Waals surface area contributed by atoms with Gasteiger partial charge in [-0.05, 0) is 61.5 Å². The summed E-state index contributed by atoms with van der Waals surface area (Å²) >= 11 is 4.95. The quantitative estimate of drug-likeness (QED) is 0.565. The molecule has 2 amide bonds. The monoisotopic (exact) mass is 358 g/mol.